The number of carbonyl (C=O) groups is 1. The average Bonchev–Trinajstić information content (AvgIpc) is 3.11. The van der Waals surface area contributed by atoms with Crippen LogP contribution in [0.5, 0.6) is 0 Å². The number of amides is 1. The van der Waals surface area contributed by atoms with Crippen LogP contribution in [-0.4, -0.2) is 62.6 Å². The highest BCUT2D eigenvalue weighted by Crippen LogP contribution is 2.28. The largest absolute Gasteiger partial charge is 0.341 e. The number of carbonyl (C=O) groups excluding carboxylic acids is 1. The molecule has 3 rings (SSSR count). The van der Waals surface area contributed by atoms with E-state index in [0.29, 0.717) is 13.1 Å². The molecule has 2 heterocycles. The van der Waals surface area contributed by atoms with Crippen molar-refractivity contribution in [3.8, 4) is 0 Å². The second-order valence-electron chi connectivity index (χ2n) is 7.05. The number of sulfonamides is 1. The van der Waals surface area contributed by atoms with Gasteiger partial charge in [0.15, 0.2) is 0 Å². The minimum absolute atomic E-state index is 0.0374. The summed E-state index contributed by atoms with van der Waals surface area (Å²) >= 11 is 0. The second-order valence-corrected chi connectivity index (χ2v) is 8.83. The Morgan fingerprint density at radius 1 is 1.08 bits per heavy atom. The monoisotopic (exact) mass is 365 g/mol. The van der Waals surface area contributed by atoms with Crippen LogP contribution in [0.2, 0.25) is 0 Å². The molecule has 25 heavy (non-hydrogen) atoms. The molecule has 1 N–H and O–H groups in total. The summed E-state index contributed by atoms with van der Waals surface area (Å²) < 4.78 is 25.6. The van der Waals surface area contributed by atoms with E-state index >= 15 is 0 Å². The maximum atomic E-state index is 13.1. The van der Waals surface area contributed by atoms with E-state index in [4.69, 9.17) is 0 Å². The normalized spacial score (nSPS) is 21.4. The molecule has 2 fully saturated rings. The molecule has 7 heteroatoms. The van der Waals surface area contributed by atoms with Crippen LogP contribution in [0, 0.1) is 0 Å². The minimum atomic E-state index is -3.19. The number of hydrogen-bond acceptors (Lipinski definition) is 4. The molecule has 0 bridgehead atoms. The summed E-state index contributed by atoms with van der Waals surface area (Å²) in [7, 11) is -3.19. The van der Waals surface area contributed by atoms with Gasteiger partial charge in [-0.15, -0.1) is 0 Å². The predicted molar refractivity (Wildman–Crippen MR) is 97.6 cm³/mol. The summed E-state index contributed by atoms with van der Waals surface area (Å²) in [5.74, 6) is 0.179. The quantitative estimate of drug-likeness (QED) is 0.855. The van der Waals surface area contributed by atoms with Gasteiger partial charge in [-0.2, -0.15) is 0 Å². The fourth-order valence-corrected chi connectivity index (χ4v) is 4.67. The van der Waals surface area contributed by atoms with Crippen molar-refractivity contribution >= 4 is 15.9 Å². The smallest absolute Gasteiger partial charge is 0.244 e. The van der Waals surface area contributed by atoms with Crippen LogP contribution in [-0.2, 0) is 14.8 Å². The molecule has 1 atom stereocenters. The van der Waals surface area contributed by atoms with E-state index in [0.717, 1.165) is 44.3 Å². The van der Waals surface area contributed by atoms with Crippen LogP contribution >= 0.6 is 0 Å². The highest BCUT2D eigenvalue weighted by molar-refractivity contribution is 7.88. The molecule has 0 aromatic heterocycles. The van der Waals surface area contributed by atoms with Gasteiger partial charge in [0, 0.05) is 32.2 Å². The minimum Gasteiger partial charge on any atom is -0.341 e. The Labute approximate surface area is 150 Å². The Morgan fingerprint density at radius 2 is 1.68 bits per heavy atom. The predicted octanol–water partition coefficient (Wildman–Crippen LogP) is 1.36. The number of nitrogens with zero attached hydrogens (tertiary/aromatic N) is 2. The molecular formula is C18H27N3O3S. The van der Waals surface area contributed by atoms with Crippen molar-refractivity contribution in [3.05, 3.63) is 35.9 Å². The van der Waals surface area contributed by atoms with Gasteiger partial charge >= 0.3 is 0 Å². The summed E-state index contributed by atoms with van der Waals surface area (Å²) in [6, 6.07) is 9.63. The van der Waals surface area contributed by atoms with E-state index in [9.17, 15) is 13.2 Å². The molecule has 0 radical (unpaired) electrons. The first-order valence-corrected chi connectivity index (χ1v) is 10.9. The Morgan fingerprint density at radius 3 is 2.24 bits per heavy atom. The lowest BCUT2D eigenvalue weighted by Gasteiger charge is -2.38. The maximum Gasteiger partial charge on any atom is 0.244 e. The Balaban J connectivity index is 1.73. The zero-order chi connectivity index (χ0) is 17.9. The van der Waals surface area contributed by atoms with Crippen LogP contribution in [0.4, 0.5) is 0 Å². The van der Waals surface area contributed by atoms with Gasteiger partial charge < -0.3 is 4.90 Å². The number of piperidine rings is 1. The average molecular weight is 365 g/mol. The first kappa shape index (κ1) is 18.4. The fraction of sp³-hybridized carbons (Fsp3) is 0.611. The van der Waals surface area contributed by atoms with Crippen molar-refractivity contribution in [1.29, 1.82) is 0 Å². The SMILES string of the molecule is CS(=O)(=O)NC1CCN(C(C(=O)N2CCCC2)c2ccccc2)CC1. The third-order valence-electron chi connectivity index (χ3n) is 5.04. The summed E-state index contributed by atoms with van der Waals surface area (Å²) in [5.41, 5.74) is 1.02. The molecule has 2 saturated heterocycles. The fourth-order valence-electron chi connectivity index (χ4n) is 3.83. The molecule has 6 nitrogen and oxygen atoms in total. The Bertz CT molecular complexity index is 679. The lowest BCUT2D eigenvalue weighted by atomic mass is 9.98. The maximum absolute atomic E-state index is 13.1. The van der Waals surface area contributed by atoms with E-state index in [1.54, 1.807) is 0 Å². The van der Waals surface area contributed by atoms with Crippen LogP contribution in [0.25, 0.3) is 0 Å². The number of benzene rings is 1. The molecule has 1 aromatic carbocycles. The highest BCUT2D eigenvalue weighted by atomic mass is 32.2. The number of nitrogens with one attached hydrogen (secondary N) is 1. The van der Waals surface area contributed by atoms with Gasteiger partial charge in [0.1, 0.15) is 6.04 Å². The van der Waals surface area contributed by atoms with Gasteiger partial charge in [0.2, 0.25) is 15.9 Å². The molecule has 2 aliphatic rings. The van der Waals surface area contributed by atoms with Crippen molar-refractivity contribution in [2.75, 3.05) is 32.4 Å². The zero-order valence-corrected chi connectivity index (χ0v) is 15.5. The third-order valence-corrected chi connectivity index (χ3v) is 5.80. The van der Waals surface area contributed by atoms with Crippen molar-refractivity contribution in [2.45, 2.75) is 37.8 Å². The summed E-state index contributed by atoms with van der Waals surface area (Å²) in [6.45, 7) is 3.11. The third kappa shape index (κ3) is 4.80. The molecule has 138 valence electrons. The first-order valence-electron chi connectivity index (χ1n) is 8.99. The van der Waals surface area contributed by atoms with Crippen LogP contribution in [0.1, 0.15) is 37.3 Å². The van der Waals surface area contributed by atoms with E-state index < -0.39 is 10.0 Å². The molecule has 1 amide bonds. The highest BCUT2D eigenvalue weighted by Gasteiger charge is 2.34. The van der Waals surface area contributed by atoms with Crippen LogP contribution in [0.3, 0.4) is 0 Å². The van der Waals surface area contributed by atoms with E-state index in [-0.39, 0.29) is 18.0 Å². The first-order chi connectivity index (χ1) is 11.9. The standard InChI is InChI=1S/C18H27N3O3S/c1-25(23,24)19-16-9-13-20(14-10-16)17(15-7-3-2-4-8-15)18(22)21-11-5-6-12-21/h2-4,7-8,16-17,19H,5-6,9-14H2,1H3. The Hall–Kier alpha value is -1.44. The Kier molecular flexibility index (Phi) is 5.76. The van der Waals surface area contributed by atoms with Gasteiger partial charge in [0.25, 0.3) is 0 Å². The van der Waals surface area contributed by atoms with Crippen molar-refractivity contribution < 1.29 is 13.2 Å². The van der Waals surface area contributed by atoms with E-state index in [2.05, 4.69) is 9.62 Å². The van der Waals surface area contributed by atoms with Crippen LogP contribution in [0.15, 0.2) is 30.3 Å². The van der Waals surface area contributed by atoms with Crippen molar-refractivity contribution in [1.82, 2.24) is 14.5 Å². The van der Waals surface area contributed by atoms with Crippen LogP contribution < -0.4 is 4.72 Å². The number of rotatable bonds is 5. The summed E-state index contributed by atoms with van der Waals surface area (Å²) in [6.07, 6.45) is 4.80. The van der Waals surface area contributed by atoms with E-state index in [1.165, 1.54) is 6.26 Å². The van der Waals surface area contributed by atoms with Gasteiger partial charge in [-0.1, -0.05) is 30.3 Å². The number of hydrogen-bond donors (Lipinski definition) is 1. The van der Waals surface area contributed by atoms with Gasteiger partial charge in [-0.3, -0.25) is 9.69 Å². The molecule has 0 aliphatic carbocycles. The molecule has 2 aliphatic heterocycles. The molecular weight excluding hydrogens is 338 g/mol. The summed E-state index contributed by atoms with van der Waals surface area (Å²) in [4.78, 5) is 17.3. The molecule has 0 spiro atoms. The van der Waals surface area contributed by atoms with E-state index in [1.807, 2.05) is 35.2 Å². The summed E-state index contributed by atoms with van der Waals surface area (Å²) in [5, 5.41) is 0. The molecule has 0 saturated carbocycles. The lowest BCUT2D eigenvalue weighted by Crippen LogP contribution is -2.49. The zero-order valence-electron chi connectivity index (χ0n) is 14.7. The van der Waals surface area contributed by atoms with Crippen molar-refractivity contribution in [2.24, 2.45) is 0 Å². The van der Waals surface area contributed by atoms with Gasteiger partial charge in [0.05, 0.1) is 6.26 Å². The molecule has 1 aromatic rings. The van der Waals surface area contributed by atoms with Gasteiger partial charge in [-0.05, 0) is 31.2 Å². The molecule has 1 unspecified atom stereocenters. The lowest BCUT2D eigenvalue weighted by molar-refractivity contribution is -0.136. The topological polar surface area (TPSA) is 69.7 Å². The van der Waals surface area contributed by atoms with Gasteiger partial charge in [-0.25, -0.2) is 13.1 Å². The second kappa shape index (κ2) is 7.85. The van der Waals surface area contributed by atoms with Crippen molar-refractivity contribution in [3.63, 3.8) is 0 Å². The number of likely N-dealkylation sites (tertiary alicyclic amines) is 2.